The quantitative estimate of drug-likeness (QED) is 0.835. The van der Waals surface area contributed by atoms with E-state index in [0.29, 0.717) is 11.8 Å². The summed E-state index contributed by atoms with van der Waals surface area (Å²) in [4.78, 5) is 2.54. The Morgan fingerprint density at radius 3 is 2.72 bits per heavy atom. The van der Waals surface area contributed by atoms with Crippen LogP contribution in [0.1, 0.15) is 31.2 Å². The smallest absolute Gasteiger partial charge is 0.120 e. The molecule has 1 saturated heterocycles. The number of para-hydroxylation sites is 1. The van der Waals surface area contributed by atoms with Crippen LogP contribution >= 0.6 is 0 Å². The lowest BCUT2D eigenvalue weighted by molar-refractivity contribution is 0.228. The number of phenols is 1. The highest BCUT2D eigenvalue weighted by Crippen LogP contribution is 2.30. The van der Waals surface area contributed by atoms with E-state index >= 15 is 0 Å². The standard InChI is InChI=1S/C15H22N2O/c18-15-6-2-1-4-12(15)10-17(14-7-8-14)11-13-5-3-9-16-13/h1-2,4,6,13-14,16,18H,3,5,7-11H2. The van der Waals surface area contributed by atoms with Crippen LogP contribution in [0.25, 0.3) is 0 Å². The number of nitrogens with zero attached hydrogens (tertiary/aromatic N) is 1. The van der Waals surface area contributed by atoms with E-state index in [4.69, 9.17) is 0 Å². The number of rotatable bonds is 5. The van der Waals surface area contributed by atoms with E-state index in [9.17, 15) is 5.11 Å². The van der Waals surface area contributed by atoms with Crippen molar-refractivity contribution in [2.45, 2.75) is 44.3 Å². The van der Waals surface area contributed by atoms with Gasteiger partial charge in [-0.25, -0.2) is 0 Å². The van der Waals surface area contributed by atoms with Crippen molar-refractivity contribution in [3.63, 3.8) is 0 Å². The molecule has 0 spiro atoms. The summed E-state index contributed by atoms with van der Waals surface area (Å²) >= 11 is 0. The van der Waals surface area contributed by atoms with Crippen LogP contribution in [0.15, 0.2) is 24.3 Å². The van der Waals surface area contributed by atoms with Crippen molar-refractivity contribution in [3.8, 4) is 5.75 Å². The molecule has 2 fully saturated rings. The van der Waals surface area contributed by atoms with E-state index in [1.54, 1.807) is 6.07 Å². The van der Waals surface area contributed by atoms with Crippen LogP contribution < -0.4 is 5.32 Å². The fraction of sp³-hybridized carbons (Fsp3) is 0.600. The Hall–Kier alpha value is -1.06. The van der Waals surface area contributed by atoms with Crippen LogP contribution in [0, 0.1) is 0 Å². The van der Waals surface area contributed by atoms with Crippen molar-refractivity contribution in [2.75, 3.05) is 13.1 Å². The molecule has 3 rings (SSSR count). The Bertz CT molecular complexity index is 397. The molecule has 0 bridgehead atoms. The number of aromatic hydroxyl groups is 1. The third-order valence-electron chi connectivity index (χ3n) is 4.05. The van der Waals surface area contributed by atoms with Gasteiger partial charge in [0.1, 0.15) is 5.75 Å². The lowest BCUT2D eigenvalue weighted by Gasteiger charge is -2.25. The Kier molecular flexibility index (Phi) is 3.52. The van der Waals surface area contributed by atoms with E-state index in [1.165, 1.54) is 32.2 Å². The molecule has 1 aromatic carbocycles. The zero-order valence-electron chi connectivity index (χ0n) is 10.8. The van der Waals surface area contributed by atoms with E-state index in [-0.39, 0.29) is 0 Å². The van der Waals surface area contributed by atoms with Gasteiger partial charge in [-0.05, 0) is 38.3 Å². The Balaban J connectivity index is 1.64. The van der Waals surface area contributed by atoms with Gasteiger partial charge in [0.15, 0.2) is 0 Å². The van der Waals surface area contributed by atoms with Crippen molar-refractivity contribution in [1.82, 2.24) is 10.2 Å². The zero-order chi connectivity index (χ0) is 12.4. The van der Waals surface area contributed by atoms with E-state index in [1.807, 2.05) is 18.2 Å². The fourth-order valence-electron chi connectivity index (χ4n) is 2.84. The number of benzene rings is 1. The van der Waals surface area contributed by atoms with Crippen molar-refractivity contribution in [3.05, 3.63) is 29.8 Å². The monoisotopic (exact) mass is 246 g/mol. The largest absolute Gasteiger partial charge is 0.508 e. The van der Waals surface area contributed by atoms with Crippen LogP contribution in [-0.2, 0) is 6.54 Å². The molecule has 1 saturated carbocycles. The number of nitrogens with one attached hydrogen (secondary N) is 1. The first kappa shape index (κ1) is 12.0. The molecule has 2 N–H and O–H groups in total. The predicted octanol–water partition coefficient (Wildman–Crippen LogP) is 2.11. The first-order valence-electron chi connectivity index (χ1n) is 7.07. The van der Waals surface area contributed by atoms with E-state index in [0.717, 1.165) is 24.7 Å². The molecular weight excluding hydrogens is 224 g/mol. The maximum Gasteiger partial charge on any atom is 0.120 e. The number of hydrogen-bond acceptors (Lipinski definition) is 3. The van der Waals surface area contributed by atoms with Gasteiger partial charge in [-0.3, -0.25) is 4.90 Å². The third-order valence-corrected chi connectivity index (χ3v) is 4.05. The molecular formula is C15H22N2O. The highest BCUT2D eigenvalue weighted by molar-refractivity contribution is 5.31. The van der Waals surface area contributed by atoms with Crippen molar-refractivity contribution < 1.29 is 5.11 Å². The minimum absolute atomic E-state index is 0.433. The van der Waals surface area contributed by atoms with Crippen LogP contribution in [0.3, 0.4) is 0 Å². The van der Waals surface area contributed by atoms with Crippen molar-refractivity contribution >= 4 is 0 Å². The van der Waals surface area contributed by atoms with Gasteiger partial charge >= 0.3 is 0 Å². The normalized spacial score (nSPS) is 23.7. The summed E-state index contributed by atoms with van der Waals surface area (Å²) in [6, 6.07) is 9.11. The fourth-order valence-corrected chi connectivity index (χ4v) is 2.84. The third kappa shape index (κ3) is 2.85. The molecule has 2 aliphatic rings. The highest BCUT2D eigenvalue weighted by atomic mass is 16.3. The van der Waals surface area contributed by atoms with Gasteiger partial charge in [-0.1, -0.05) is 18.2 Å². The van der Waals surface area contributed by atoms with Gasteiger partial charge in [0, 0.05) is 30.7 Å². The Labute approximate surface area is 109 Å². The first-order valence-corrected chi connectivity index (χ1v) is 7.07. The summed E-state index contributed by atoms with van der Waals surface area (Å²) in [5.74, 6) is 0.433. The second-order valence-corrected chi connectivity index (χ2v) is 5.58. The Morgan fingerprint density at radius 1 is 1.22 bits per heavy atom. The van der Waals surface area contributed by atoms with Crippen molar-refractivity contribution in [2.24, 2.45) is 0 Å². The van der Waals surface area contributed by atoms with Crippen molar-refractivity contribution in [1.29, 1.82) is 0 Å². The molecule has 0 aromatic heterocycles. The van der Waals surface area contributed by atoms with Crippen LogP contribution in [0.5, 0.6) is 5.75 Å². The van der Waals surface area contributed by atoms with Crippen LogP contribution in [0.4, 0.5) is 0 Å². The SMILES string of the molecule is Oc1ccccc1CN(CC1CCCN1)C1CC1. The molecule has 18 heavy (non-hydrogen) atoms. The molecule has 1 atom stereocenters. The molecule has 3 nitrogen and oxygen atoms in total. The average molecular weight is 246 g/mol. The molecule has 1 aromatic rings. The maximum atomic E-state index is 9.88. The summed E-state index contributed by atoms with van der Waals surface area (Å²) in [6.45, 7) is 3.17. The predicted molar refractivity (Wildman–Crippen MR) is 72.6 cm³/mol. The lowest BCUT2D eigenvalue weighted by atomic mass is 10.1. The van der Waals surface area contributed by atoms with Gasteiger partial charge in [-0.15, -0.1) is 0 Å². The average Bonchev–Trinajstić information content (AvgIpc) is 3.10. The Morgan fingerprint density at radius 2 is 2.06 bits per heavy atom. The second-order valence-electron chi connectivity index (χ2n) is 5.58. The van der Waals surface area contributed by atoms with Crippen LogP contribution in [-0.4, -0.2) is 35.2 Å². The van der Waals surface area contributed by atoms with Gasteiger partial charge in [0.05, 0.1) is 0 Å². The molecule has 1 aliphatic carbocycles. The molecule has 1 unspecified atom stereocenters. The lowest BCUT2D eigenvalue weighted by Crippen LogP contribution is -2.38. The summed E-state index contributed by atoms with van der Waals surface area (Å²) in [5, 5.41) is 13.4. The van der Waals surface area contributed by atoms with Gasteiger partial charge in [-0.2, -0.15) is 0 Å². The zero-order valence-corrected chi connectivity index (χ0v) is 10.8. The second kappa shape index (κ2) is 5.29. The summed E-state index contributed by atoms with van der Waals surface area (Å²) in [7, 11) is 0. The molecule has 0 amide bonds. The van der Waals surface area contributed by atoms with Gasteiger partial charge in [0.25, 0.3) is 0 Å². The molecule has 1 heterocycles. The molecule has 0 radical (unpaired) electrons. The molecule has 98 valence electrons. The van der Waals surface area contributed by atoms with Gasteiger partial charge < -0.3 is 10.4 Å². The van der Waals surface area contributed by atoms with Gasteiger partial charge in [0.2, 0.25) is 0 Å². The number of phenolic OH excluding ortho intramolecular Hbond substituents is 1. The molecule has 1 aliphatic heterocycles. The highest BCUT2D eigenvalue weighted by Gasteiger charge is 2.31. The maximum absolute atomic E-state index is 9.88. The van der Waals surface area contributed by atoms with E-state index < -0.39 is 0 Å². The summed E-state index contributed by atoms with van der Waals surface area (Å²) in [6.07, 6.45) is 5.24. The van der Waals surface area contributed by atoms with E-state index in [2.05, 4.69) is 10.2 Å². The minimum atomic E-state index is 0.433. The van der Waals surface area contributed by atoms with Crippen LogP contribution in [0.2, 0.25) is 0 Å². The molecule has 3 heteroatoms. The first-order chi connectivity index (χ1) is 8.83. The topological polar surface area (TPSA) is 35.5 Å². The summed E-state index contributed by atoms with van der Waals surface area (Å²) < 4.78 is 0. The minimum Gasteiger partial charge on any atom is -0.508 e. The summed E-state index contributed by atoms with van der Waals surface area (Å²) in [5.41, 5.74) is 1.06. The number of hydrogen-bond donors (Lipinski definition) is 2.